The Balaban J connectivity index is 3.16. The van der Waals surface area contributed by atoms with Crippen LogP contribution in [0.4, 0.5) is 8.78 Å². The first-order valence-corrected chi connectivity index (χ1v) is 4.63. The Morgan fingerprint density at radius 2 is 2.00 bits per heavy atom. The fourth-order valence-corrected chi connectivity index (χ4v) is 1.25. The molecule has 0 radical (unpaired) electrons. The van der Waals surface area contributed by atoms with E-state index in [0.29, 0.717) is 0 Å². The molecule has 1 aromatic carbocycles. The van der Waals surface area contributed by atoms with Crippen molar-refractivity contribution in [3.8, 4) is 5.75 Å². The Morgan fingerprint density at radius 1 is 1.36 bits per heavy atom. The molecule has 0 heterocycles. The molecule has 0 N–H and O–H groups in total. The number of methoxy groups -OCH3 is 1. The topological polar surface area (TPSA) is 9.23 Å². The van der Waals surface area contributed by atoms with Crippen molar-refractivity contribution >= 4 is 0 Å². The molecule has 0 spiro atoms. The lowest BCUT2D eigenvalue weighted by Crippen LogP contribution is -1.98. The zero-order valence-electron chi connectivity index (χ0n) is 8.60. The van der Waals surface area contributed by atoms with Gasteiger partial charge >= 0.3 is 0 Å². The lowest BCUT2D eigenvalue weighted by Gasteiger charge is -2.11. The van der Waals surface area contributed by atoms with E-state index >= 15 is 0 Å². The van der Waals surface area contributed by atoms with Crippen LogP contribution in [0.15, 0.2) is 12.1 Å². The molecule has 0 aliphatic heterocycles. The van der Waals surface area contributed by atoms with Gasteiger partial charge in [0.25, 0.3) is 0 Å². The average Bonchev–Trinajstić information content (AvgIpc) is 2.20. The summed E-state index contributed by atoms with van der Waals surface area (Å²) >= 11 is 0. The number of rotatable bonds is 3. The molecule has 0 aliphatic rings. The van der Waals surface area contributed by atoms with Crippen molar-refractivity contribution in [1.82, 2.24) is 0 Å². The third kappa shape index (κ3) is 2.03. The van der Waals surface area contributed by atoms with Crippen molar-refractivity contribution in [2.24, 2.45) is 0 Å². The van der Waals surface area contributed by atoms with Gasteiger partial charge in [-0.05, 0) is 30.0 Å². The summed E-state index contributed by atoms with van der Waals surface area (Å²) in [5, 5.41) is 0. The highest BCUT2D eigenvalue weighted by Crippen LogP contribution is 2.27. The maximum Gasteiger partial charge on any atom is 0.200 e. The van der Waals surface area contributed by atoms with Gasteiger partial charge in [-0.2, -0.15) is 4.39 Å². The lowest BCUT2D eigenvalue weighted by molar-refractivity contribution is 0.370. The monoisotopic (exact) mass is 200 g/mol. The molecular weight excluding hydrogens is 186 g/mol. The number of ether oxygens (including phenoxy) is 1. The summed E-state index contributed by atoms with van der Waals surface area (Å²) in [6.07, 6.45) is 0.883. The Bertz CT molecular complexity index is 323. The molecule has 1 aromatic rings. The van der Waals surface area contributed by atoms with Crippen LogP contribution in [0.3, 0.4) is 0 Å². The third-order valence-electron chi connectivity index (χ3n) is 2.42. The van der Waals surface area contributed by atoms with Crippen molar-refractivity contribution in [1.29, 1.82) is 0 Å². The van der Waals surface area contributed by atoms with Crippen molar-refractivity contribution in [3.05, 3.63) is 29.3 Å². The van der Waals surface area contributed by atoms with E-state index in [2.05, 4.69) is 0 Å². The molecule has 14 heavy (non-hydrogen) atoms. The average molecular weight is 200 g/mol. The van der Waals surface area contributed by atoms with Gasteiger partial charge in [0, 0.05) is 0 Å². The van der Waals surface area contributed by atoms with Crippen LogP contribution in [0.5, 0.6) is 5.75 Å². The van der Waals surface area contributed by atoms with E-state index in [-0.39, 0.29) is 11.7 Å². The number of halogens is 2. The molecule has 78 valence electrons. The van der Waals surface area contributed by atoms with Gasteiger partial charge in [0.15, 0.2) is 11.6 Å². The second-order valence-corrected chi connectivity index (χ2v) is 3.33. The Hall–Kier alpha value is -1.12. The van der Waals surface area contributed by atoms with Gasteiger partial charge in [-0.3, -0.25) is 0 Å². The maximum absolute atomic E-state index is 13.1. The SMILES string of the molecule is CCC(C)c1cc(F)c(F)c(OC)c1. The summed E-state index contributed by atoms with van der Waals surface area (Å²) in [6, 6.07) is 2.78. The van der Waals surface area contributed by atoms with Crippen molar-refractivity contribution < 1.29 is 13.5 Å². The summed E-state index contributed by atoms with van der Waals surface area (Å²) in [5.74, 6) is -1.58. The number of hydrogen-bond acceptors (Lipinski definition) is 1. The molecular formula is C11H14F2O. The molecule has 0 saturated heterocycles. The minimum absolute atomic E-state index is 0.0275. The standard InChI is InChI=1S/C11H14F2O/c1-4-7(2)8-5-9(12)11(13)10(6-8)14-3/h5-7H,4H2,1-3H3. The molecule has 1 unspecified atom stereocenters. The van der Waals surface area contributed by atoms with Crippen LogP contribution in [0.2, 0.25) is 0 Å². The highest BCUT2D eigenvalue weighted by Gasteiger charge is 2.13. The van der Waals surface area contributed by atoms with E-state index in [1.807, 2.05) is 13.8 Å². The van der Waals surface area contributed by atoms with Gasteiger partial charge in [-0.1, -0.05) is 13.8 Å². The van der Waals surface area contributed by atoms with E-state index in [9.17, 15) is 8.78 Å². The minimum atomic E-state index is -0.917. The highest BCUT2D eigenvalue weighted by atomic mass is 19.2. The first-order valence-electron chi connectivity index (χ1n) is 4.63. The lowest BCUT2D eigenvalue weighted by atomic mass is 9.98. The normalized spacial score (nSPS) is 12.6. The van der Waals surface area contributed by atoms with Gasteiger partial charge < -0.3 is 4.74 Å². The van der Waals surface area contributed by atoms with E-state index in [1.165, 1.54) is 13.2 Å². The zero-order valence-corrected chi connectivity index (χ0v) is 8.60. The van der Waals surface area contributed by atoms with Crippen molar-refractivity contribution in [2.45, 2.75) is 26.2 Å². The molecule has 0 fully saturated rings. The van der Waals surface area contributed by atoms with E-state index in [4.69, 9.17) is 4.74 Å². The van der Waals surface area contributed by atoms with Crippen LogP contribution in [-0.4, -0.2) is 7.11 Å². The van der Waals surface area contributed by atoms with Crippen LogP contribution in [-0.2, 0) is 0 Å². The molecule has 0 bridgehead atoms. The molecule has 0 saturated carbocycles. The summed E-state index contributed by atoms with van der Waals surface area (Å²) in [7, 11) is 1.33. The summed E-state index contributed by atoms with van der Waals surface area (Å²) < 4.78 is 30.9. The maximum atomic E-state index is 13.1. The predicted octanol–water partition coefficient (Wildman–Crippen LogP) is 3.49. The number of benzene rings is 1. The minimum Gasteiger partial charge on any atom is -0.494 e. The van der Waals surface area contributed by atoms with E-state index in [1.54, 1.807) is 6.07 Å². The second kappa shape index (κ2) is 4.40. The highest BCUT2D eigenvalue weighted by molar-refractivity contribution is 5.33. The van der Waals surface area contributed by atoms with Crippen molar-refractivity contribution in [3.63, 3.8) is 0 Å². The fourth-order valence-electron chi connectivity index (χ4n) is 1.25. The first-order chi connectivity index (χ1) is 6.60. The Kier molecular flexibility index (Phi) is 3.44. The predicted molar refractivity (Wildman–Crippen MR) is 51.6 cm³/mol. The van der Waals surface area contributed by atoms with Crippen LogP contribution in [0, 0.1) is 11.6 Å². The summed E-state index contributed by atoms with van der Waals surface area (Å²) in [5.41, 5.74) is 0.767. The van der Waals surface area contributed by atoms with Crippen LogP contribution in [0.1, 0.15) is 31.7 Å². The first kappa shape index (κ1) is 11.0. The smallest absolute Gasteiger partial charge is 0.200 e. The van der Waals surface area contributed by atoms with E-state index in [0.717, 1.165) is 12.0 Å². The Labute approximate surface area is 82.7 Å². The van der Waals surface area contributed by atoms with Gasteiger partial charge in [-0.25, -0.2) is 4.39 Å². The summed E-state index contributed by atoms with van der Waals surface area (Å²) in [6.45, 7) is 3.96. The van der Waals surface area contributed by atoms with Crippen LogP contribution < -0.4 is 4.74 Å². The molecule has 1 atom stereocenters. The summed E-state index contributed by atoms with van der Waals surface area (Å²) in [4.78, 5) is 0. The molecule has 0 aliphatic carbocycles. The number of hydrogen-bond donors (Lipinski definition) is 0. The second-order valence-electron chi connectivity index (χ2n) is 3.33. The zero-order chi connectivity index (χ0) is 10.7. The molecule has 1 nitrogen and oxygen atoms in total. The fraction of sp³-hybridized carbons (Fsp3) is 0.455. The van der Waals surface area contributed by atoms with Crippen LogP contribution >= 0.6 is 0 Å². The molecule has 3 heteroatoms. The van der Waals surface area contributed by atoms with Gasteiger partial charge in [0.1, 0.15) is 0 Å². The molecule has 0 amide bonds. The van der Waals surface area contributed by atoms with Crippen molar-refractivity contribution in [2.75, 3.05) is 7.11 Å². The van der Waals surface area contributed by atoms with Gasteiger partial charge in [-0.15, -0.1) is 0 Å². The molecule has 1 rings (SSSR count). The molecule has 0 aromatic heterocycles. The quantitative estimate of drug-likeness (QED) is 0.725. The van der Waals surface area contributed by atoms with Crippen LogP contribution in [0.25, 0.3) is 0 Å². The Morgan fingerprint density at radius 3 is 2.50 bits per heavy atom. The van der Waals surface area contributed by atoms with E-state index < -0.39 is 11.6 Å². The van der Waals surface area contributed by atoms with Gasteiger partial charge in [0.2, 0.25) is 5.82 Å². The van der Waals surface area contributed by atoms with Gasteiger partial charge in [0.05, 0.1) is 7.11 Å². The largest absolute Gasteiger partial charge is 0.494 e. The third-order valence-corrected chi connectivity index (χ3v) is 2.42.